The van der Waals surface area contributed by atoms with Crippen LogP contribution in [0.3, 0.4) is 0 Å². The lowest BCUT2D eigenvalue weighted by Crippen LogP contribution is -2.54. The van der Waals surface area contributed by atoms with E-state index in [2.05, 4.69) is 20.5 Å². The Morgan fingerprint density at radius 1 is 1.15 bits per heavy atom. The molecule has 0 spiro atoms. The van der Waals surface area contributed by atoms with Gasteiger partial charge in [0.1, 0.15) is 0 Å². The van der Waals surface area contributed by atoms with Gasteiger partial charge in [-0.3, -0.25) is 0 Å². The summed E-state index contributed by atoms with van der Waals surface area (Å²) in [6.07, 6.45) is 3.17. The number of piperidine rings is 1. The number of nitrogens with one attached hydrogen (secondary N) is 2. The van der Waals surface area contributed by atoms with E-state index >= 15 is 0 Å². The van der Waals surface area contributed by atoms with Crippen molar-refractivity contribution in [2.24, 2.45) is 0 Å². The number of esters is 1. The van der Waals surface area contributed by atoms with Crippen molar-refractivity contribution in [3.63, 3.8) is 0 Å². The van der Waals surface area contributed by atoms with Gasteiger partial charge in [0.05, 0.1) is 18.4 Å². The number of carbonyl (C=O) groups is 1. The molecule has 1 aliphatic carbocycles. The van der Waals surface area contributed by atoms with Crippen LogP contribution in [0.25, 0.3) is 0 Å². The zero-order valence-corrected chi connectivity index (χ0v) is 19.2. The fraction of sp³-hybridized carbons (Fsp3) is 0.583. The number of halogens is 3. The van der Waals surface area contributed by atoms with E-state index in [0.29, 0.717) is 6.01 Å². The van der Waals surface area contributed by atoms with Crippen LogP contribution in [-0.2, 0) is 10.9 Å². The van der Waals surface area contributed by atoms with Gasteiger partial charge in [-0.1, -0.05) is 12.8 Å². The normalized spacial score (nSPS) is 23.5. The monoisotopic (exact) mass is 480 g/mol. The summed E-state index contributed by atoms with van der Waals surface area (Å²) in [7, 11) is 0. The molecule has 3 atom stereocenters. The molecule has 2 aliphatic rings. The number of aromatic nitrogens is 1. The standard InChI is InChI=1S/C24H31F3N4O3/c1-2-33-22(32)21-14-28-23(34-21)30-20-8-4-3-7-19(20)29-17-6-5-13-31(15-17)18-11-9-16(10-12-18)24(25,26)27/h9-12,14,17,19-20,29H,2-8,13,15H2,1H3,(H,28,30)/t17?,19-,20?/m1/s1. The highest BCUT2D eigenvalue weighted by molar-refractivity contribution is 5.86. The molecular weight excluding hydrogens is 449 g/mol. The Bertz CT molecular complexity index is 948. The van der Waals surface area contributed by atoms with Crippen LogP contribution in [0.4, 0.5) is 24.9 Å². The van der Waals surface area contributed by atoms with Crippen LogP contribution in [-0.4, -0.2) is 48.8 Å². The fourth-order valence-electron chi connectivity index (χ4n) is 4.81. The van der Waals surface area contributed by atoms with Crippen molar-refractivity contribution in [1.82, 2.24) is 10.3 Å². The van der Waals surface area contributed by atoms with E-state index in [-0.39, 0.29) is 30.5 Å². The molecule has 2 unspecified atom stereocenters. The number of ether oxygens (including phenoxy) is 1. The first-order valence-corrected chi connectivity index (χ1v) is 11.9. The molecule has 10 heteroatoms. The first kappa shape index (κ1) is 24.4. The zero-order valence-electron chi connectivity index (χ0n) is 19.2. The second kappa shape index (κ2) is 10.7. The summed E-state index contributed by atoms with van der Waals surface area (Å²) in [5.74, 6) is -0.462. The maximum Gasteiger partial charge on any atom is 0.416 e. The van der Waals surface area contributed by atoms with Gasteiger partial charge in [-0.2, -0.15) is 13.2 Å². The number of anilines is 2. The molecule has 1 saturated heterocycles. The van der Waals surface area contributed by atoms with Gasteiger partial charge in [-0.25, -0.2) is 9.78 Å². The van der Waals surface area contributed by atoms with Gasteiger partial charge in [0, 0.05) is 36.9 Å². The van der Waals surface area contributed by atoms with Crippen LogP contribution >= 0.6 is 0 Å². The van der Waals surface area contributed by atoms with Gasteiger partial charge >= 0.3 is 12.1 Å². The molecule has 186 valence electrons. The summed E-state index contributed by atoms with van der Waals surface area (Å²) >= 11 is 0. The number of alkyl halides is 3. The first-order valence-electron chi connectivity index (χ1n) is 11.9. The average Bonchev–Trinajstić information content (AvgIpc) is 3.29. The number of hydrogen-bond donors (Lipinski definition) is 2. The van der Waals surface area contributed by atoms with Gasteiger partial charge < -0.3 is 24.7 Å². The molecule has 2 N–H and O–H groups in total. The van der Waals surface area contributed by atoms with Gasteiger partial charge in [-0.15, -0.1) is 0 Å². The summed E-state index contributed by atoms with van der Waals surface area (Å²) in [5, 5.41) is 7.10. The smallest absolute Gasteiger partial charge is 0.416 e. The molecule has 1 aromatic carbocycles. The molecule has 0 amide bonds. The van der Waals surface area contributed by atoms with Gasteiger partial charge in [0.25, 0.3) is 6.01 Å². The van der Waals surface area contributed by atoms with E-state index in [9.17, 15) is 18.0 Å². The lowest BCUT2D eigenvalue weighted by atomic mass is 9.89. The molecule has 0 radical (unpaired) electrons. The maximum absolute atomic E-state index is 12.9. The molecule has 34 heavy (non-hydrogen) atoms. The SMILES string of the molecule is CCOC(=O)c1cnc(NC2CCCC[C@H]2NC2CCCN(c3ccc(C(F)(F)F)cc3)C2)o1. The number of oxazole rings is 1. The molecule has 2 fully saturated rings. The van der Waals surface area contributed by atoms with E-state index in [4.69, 9.17) is 9.15 Å². The average molecular weight is 481 g/mol. The van der Waals surface area contributed by atoms with Crippen LogP contribution in [0.1, 0.15) is 61.6 Å². The first-order chi connectivity index (χ1) is 16.3. The van der Waals surface area contributed by atoms with Crippen LogP contribution in [0.2, 0.25) is 0 Å². The Hall–Kier alpha value is -2.75. The van der Waals surface area contributed by atoms with Gasteiger partial charge in [0.15, 0.2) is 0 Å². The molecule has 0 bridgehead atoms. The summed E-state index contributed by atoms with van der Waals surface area (Å²) in [4.78, 5) is 18.2. The van der Waals surface area contributed by atoms with E-state index < -0.39 is 17.7 Å². The highest BCUT2D eigenvalue weighted by Gasteiger charge is 2.32. The molecule has 2 aromatic rings. The maximum atomic E-state index is 12.9. The minimum atomic E-state index is -4.33. The lowest BCUT2D eigenvalue weighted by Gasteiger charge is -2.40. The molecule has 1 aliphatic heterocycles. The molecule has 1 saturated carbocycles. The summed E-state index contributed by atoms with van der Waals surface area (Å²) in [5.41, 5.74) is 0.181. The predicted molar refractivity (Wildman–Crippen MR) is 122 cm³/mol. The number of hydrogen-bond acceptors (Lipinski definition) is 7. The Labute approximate surface area is 197 Å². The lowest BCUT2D eigenvalue weighted by molar-refractivity contribution is -0.137. The summed E-state index contributed by atoms with van der Waals surface area (Å²) in [6.45, 7) is 3.56. The van der Waals surface area contributed by atoms with Gasteiger partial charge in [0.2, 0.25) is 5.76 Å². The molecule has 1 aromatic heterocycles. The highest BCUT2D eigenvalue weighted by Crippen LogP contribution is 2.31. The quantitative estimate of drug-likeness (QED) is 0.549. The third-order valence-corrected chi connectivity index (χ3v) is 6.49. The van der Waals surface area contributed by atoms with Crippen molar-refractivity contribution in [1.29, 1.82) is 0 Å². The van der Waals surface area contributed by atoms with Crippen molar-refractivity contribution in [3.05, 3.63) is 41.8 Å². The van der Waals surface area contributed by atoms with Crippen LogP contribution in [0.5, 0.6) is 0 Å². The van der Waals surface area contributed by atoms with E-state index in [0.717, 1.165) is 69.4 Å². The van der Waals surface area contributed by atoms with Crippen LogP contribution in [0, 0.1) is 0 Å². The molecular formula is C24H31F3N4O3. The van der Waals surface area contributed by atoms with Crippen molar-refractivity contribution < 1.29 is 27.1 Å². The zero-order chi connectivity index (χ0) is 24.1. The van der Waals surface area contributed by atoms with Gasteiger partial charge in [-0.05, 0) is 56.9 Å². The van der Waals surface area contributed by atoms with E-state index in [1.165, 1.54) is 6.20 Å². The van der Waals surface area contributed by atoms with Crippen molar-refractivity contribution in [3.8, 4) is 0 Å². The van der Waals surface area contributed by atoms with Crippen LogP contribution in [0.15, 0.2) is 34.9 Å². The van der Waals surface area contributed by atoms with E-state index in [1.807, 2.05) is 0 Å². The molecule has 4 rings (SSSR count). The number of nitrogens with zero attached hydrogens (tertiary/aromatic N) is 2. The Kier molecular flexibility index (Phi) is 7.65. The highest BCUT2D eigenvalue weighted by atomic mass is 19.4. The minimum Gasteiger partial charge on any atom is -0.460 e. The van der Waals surface area contributed by atoms with Crippen LogP contribution < -0.4 is 15.5 Å². The Balaban J connectivity index is 1.36. The largest absolute Gasteiger partial charge is 0.460 e. The second-order valence-corrected chi connectivity index (χ2v) is 8.89. The second-order valence-electron chi connectivity index (χ2n) is 8.89. The van der Waals surface area contributed by atoms with Crippen molar-refractivity contribution in [2.45, 2.75) is 69.8 Å². The van der Waals surface area contributed by atoms with E-state index in [1.54, 1.807) is 19.1 Å². The van der Waals surface area contributed by atoms with Crippen molar-refractivity contribution >= 4 is 17.7 Å². The number of rotatable bonds is 7. The van der Waals surface area contributed by atoms with Crippen molar-refractivity contribution in [2.75, 3.05) is 29.9 Å². The fourth-order valence-corrected chi connectivity index (χ4v) is 4.81. The summed E-state index contributed by atoms with van der Waals surface area (Å²) < 4.78 is 49.2. The minimum absolute atomic E-state index is 0.0733. The molecule has 2 heterocycles. The Morgan fingerprint density at radius 3 is 2.59 bits per heavy atom. The third-order valence-electron chi connectivity index (χ3n) is 6.49. The predicted octanol–water partition coefficient (Wildman–Crippen LogP) is 4.85. The number of benzene rings is 1. The number of carbonyl (C=O) groups excluding carboxylic acids is 1. The Morgan fingerprint density at radius 2 is 1.88 bits per heavy atom. The summed E-state index contributed by atoms with van der Waals surface area (Å²) in [6, 6.07) is 6.23. The molecule has 7 nitrogen and oxygen atoms in total. The third kappa shape index (κ3) is 6.02. The topological polar surface area (TPSA) is 79.6 Å².